The Morgan fingerprint density at radius 1 is 1.19 bits per heavy atom. The van der Waals surface area contributed by atoms with E-state index in [9.17, 15) is 14.4 Å². The van der Waals surface area contributed by atoms with Crippen LogP contribution in [-0.4, -0.2) is 61.0 Å². The maximum absolute atomic E-state index is 13.2. The largest absolute Gasteiger partial charge is 0.464 e. The van der Waals surface area contributed by atoms with Crippen LogP contribution < -0.4 is 0 Å². The summed E-state index contributed by atoms with van der Waals surface area (Å²) >= 11 is 0. The van der Waals surface area contributed by atoms with E-state index in [4.69, 9.17) is 9.47 Å². The Kier molecular flexibility index (Phi) is 7.18. The van der Waals surface area contributed by atoms with Crippen LogP contribution in [0.4, 0.5) is 0 Å². The highest BCUT2D eigenvalue weighted by Gasteiger charge is 2.34. The van der Waals surface area contributed by atoms with E-state index < -0.39 is 12.0 Å². The smallest absolute Gasteiger partial charge is 0.354 e. The van der Waals surface area contributed by atoms with Gasteiger partial charge in [-0.2, -0.15) is 0 Å². The van der Waals surface area contributed by atoms with Crippen LogP contribution in [0.5, 0.6) is 0 Å². The molecule has 150 valence electrons. The van der Waals surface area contributed by atoms with Gasteiger partial charge in [0.25, 0.3) is 0 Å². The van der Waals surface area contributed by atoms with E-state index in [-0.39, 0.29) is 23.3 Å². The first-order chi connectivity index (χ1) is 12.8. The summed E-state index contributed by atoms with van der Waals surface area (Å²) in [6.07, 6.45) is 3.85. The molecular weight excluding hydrogens is 348 g/mol. The Hall–Kier alpha value is -2.15. The quantitative estimate of drug-likeness (QED) is 0.555. The Morgan fingerprint density at radius 2 is 1.81 bits per heavy atom. The van der Waals surface area contributed by atoms with Crippen molar-refractivity contribution in [3.8, 4) is 0 Å². The second kappa shape index (κ2) is 9.17. The SMILES string of the molecule is COCCN(C(=O)C1CCCC1)[C@H](C)C(=O)c1c(C)[nH]c(C(=O)OC)c1C. The molecule has 0 saturated heterocycles. The van der Waals surface area contributed by atoms with Gasteiger partial charge in [-0.15, -0.1) is 0 Å². The fraction of sp³-hybridized carbons (Fsp3) is 0.650. The number of esters is 1. The molecule has 1 atom stereocenters. The van der Waals surface area contributed by atoms with Crippen LogP contribution in [0.2, 0.25) is 0 Å². The van der Waals surface area contributed by atoms with Crippen molar-refractivity contribution in [1.29, 1.82) is 0 Å². The minimum absolute atomic E-state index is 0.0174. The van der Waals surface area contributed by atoms with Crippen molar-refractivity contribution in [3.05, 3.63) is 22.5 Å². The monoisotopic (exact) mass is 378 g/mol. The van der Waals surface area contributed by atoms with E-state index in [1.165, 1.54) is 7.11 Å². The van der Waals surface area contributed by atoms with Crippen molar-refractivity contribution in [3.63, 3.8) is 0 Å². The third-order valence-electron chi connectivity index (χ3n) is 5.44. The molecule has 0 radical (unpaired) electrons. The van der Waals surface area contributed by atoms with Crippen LogP contribution in [0, 0.1) is 19.8 Å². The zero-order valence-electron chi connectivity index (χ0n) is 16.9. The number of methoxy groups -OCH3 is 2. The molecule has 1 amide bonds. The molecule has 0 aliphatic heterocycles. The Labute approximate surface area is 160 Å². The molecule has 1 heterocycles. The van der Waals surface area contributed by atoms with Gasteiger partial charge in [0.15, 0.2) is 5.78 Å². The number of H-pyrrole nitrogens is 1. The predicted octanol–water partition coefficient (Wildman–Crippen LogP) is 2.65. The molecular formula is C20H30N2O5. The molecule has 0 aromatic carbocycles. The first-order valence-corrected chi connectivity index (χ1v) is 9.44. The lowest BCUT2D eigenvalue weighted by Crippen LogP contribution is -2.47. The van der Waals surface area contributed by atoms with Gasteiger partial charge < -0.3 is 19.4 Å². The average molecular weight is 378 g/mol. The standard InChI is InChI=1S/C20H30N2O5/c1-12-16(13(2)21-17(12)20(25)27-5)18(23)14(3)22(10-11-26-4)19(24)15-8-6-7-9-15/h14-15,21H,6-11H2,1-5H3/t14-/m1/s1. The zero-order chi connectivity index (χ0) is 20.1. The maximum atomic E-state index is 13.2. The minimum Gasteiger partial charge on any atom is -0.464 e. The van der Waals surface area contributed by atoms with Crippen molar-refractivity contribution in [2.45, 2.75) is 52.5 Å². The lowest BCUT2D eigenvalue weighted by molar-refractivity contribution is -0.137. The van der Waals surface area contributed by atoms with Crippen molar-refractivity contribution in [2.24, 2.45) is 5.92 Å². The van der Waals surface area contributed by atoms with Gasteiger partial charge in [0.2, 0.25) is 5.91 Å². The fourth-order valence-corrected chi connectivity index (χ4v) is 3.87. The lowest BCUT2D eigenvalue weighted by atomic mass is 9.98. The second-order valence-electron chi connectivity index (χ2n) is 7.16. The van der Waals surface area contributed by atoms with Crippen LogP contribution in [0.1, 0.15) is 64.7 Å². The third kappa shape index (κ3) is 4.40. The molecule has 2 rings (SSSR count). The van der Waals surface area contributed by atoms with Crippen molar-refractivity contribution in [2.75, 3.05) is 27.4 Å². The van der Waals surface area contributed by atoms with E-state index in [0.29, 0.717) is 30.0 Å². The Morgan fingerprint density at radius 3 is 2.37 bits per heavy atom. The van der Waals surface area contributed by atoms with Gasteiger partial charge in [-0.25, -0.2) is 4.79 Å². The number of carbonyl (C=O) groups is 3. The Balaban J connectivity index is 2.30. The number of ether oxygens (including phenoxy) is 2. The van der Waals surface area contributed by atoms with E-state index in [2.05, 4.69) is 4.98 Å². The molecule has 1 N–H and O–H groups in total. The van der Waals surface area contributed by atoms with Crippen LogP contribution >= 0.6 is 0 Å². The molecule has 0 unspecified atom stereocenters. The number of aromatic amines is 1. The molecule has 1 aromatic heterocycles. The number of amides is 1. The summed E-state index contributed by atoms with van der Waals surface area (Å²) in [5, 5.41) is 0. The molecule has 27 heavy (non-hydrogen) atoms. The molecule has 7 nitrogen and oxygen atoms in total. The highest BCUT2D eigenvalue weighted by molar-refractivity contribution is 6.06. The zero-order valence-corrected chi connectivity index (χ0v) is 16.9. The lowest BCUT2D eigenvalue weighted by Gasteiger charge is -2.30. The number of carbonyl (C=O) groups excluding carboxylic acids is 3. The van der Waals surface area contributed by atoms with Gasteiger partial charge in [-0.05, 0) is 39.2 Å². The van der Waals surface area contributed by atoms with Crippen molar-refractivity contribution >= 4 is 17.7 Å². The van der Waals surface area contributed by atoms with Crippen LogP contribution in [0.25, 0.3) is 0 Å². The second-order valence-corrected chi connectivity index (χ2v) is 7.16. The fourth-order valence-electron chi connectivity index (χ4n) is 3.87. The molecule has 1 aromatic rings. The van der Waals surface area contributed by atoms with Crippen LogP contribution in [0.15, 0.2) is 0 Å². The Bertz CT molecular complexity index is 703. The highest BCUT2D eigenvalue weighted by atomic mass is 16.5. The van der Waals surface area contributed by atoms with Gasteiger partial charge in [0, 0.05) is 30.8 Å². The normalized spacial score (nSPS) is 15.6. The van der Waals surface area contributed by atoms with E-state index in [1.54, 1.807) is 32.8 Å². The summed E-state index contributed by atoms with van der Waals surface area (Å²) < 4.78 is 9.92. The summed E-state index contributed by atoms with van der Waals surface area (Å²) in [4.78, 5) is 42.7. The van der Waals surface area contributed by atoms with Gasteiger partial charge >= 0.3 is 5.97 Å². The van der Waals surface area contributed by atoms with Crippen molar-refractivity contribution < 1.29 is 23.9 Å². The third-order valence-corrected chi connectivity index (χ3v) is 5.44. The van der Waals surface area contributed by atoms with E-state index in [1.807, 2.05) is 0 Å². The number of aryl methyl sites for hydroxylation is 1. The number of rotatable bonds is 8. The molecule has 1 fully saturated rings. The van der Waals surface area contributed by atoms with Crippen LogP contribution in [0.3, 0.4) is 0 Å². The van der Waals surface area contributed by atoms with Gasteiger partial charge in [0.1, 0.15) is 5.69 Å². The topological polar surface area (TPSA) is 88.7 Å². The summed E-state index contributed by atoms with van der Waals surface area (Å²) in [5.74, 6) is -0.694. The molecule has 1 aliphatic rings. The number of hydrogen-bond donors (Lipinski definition) is 1. The number of ketones is 1. The molecule has 1 saturated carbocycles. The predicted molar refractivity (Wildman–Crippen MR) is 101 cm³/mol. The number of nitrogens with one attached hydrogen (secondary N) is 1. The molecule has 0 spiro atoms. The summed E-state index contributed by atoms with van der Waals surface area (Å²) in [7, 11) is 2.88. The van der Waals surface area contributed by atoms with E-state index >= 15 is 0 Å². The number of hydrogen-bond acceptors (Lipinski definition) is 5. The molecule has 1 aliphatic carbocycles. The van der Waals surface area contributed by atoms with E-state index in [0.717, 1.165) is 25.7 Å². The maximum Gasteiger partial charge on any atom is 0.354 e. The number of nitrogens with zero attached hydrogens (tertiary/aromatic N) is 1. The number of Topliss-reactive ketones (excluding diaryl/α,β-unsaturated/α-hetero) is 1. The summed E-state index contributed by atoms with van der Waals surface area (Å²) in [6.45, 7) is 5.94. The van der Waals surface area contributed by atoms with Crippen LogP contribution in [-0.2, 0) is 14.3 Å². The summed E-state index contributed by atoms with van der Waals surface area (Å²) in [6, 6.07) is -0.632. The van der Waals surface area contributed by atoms with Gasteiger partial charge in [-0.1, -0.05) is 12.8 Å². The van der Waals surface area contributed by atoms with Gasteiger partial charge in [0.05, 0.1) is 19.8 Å². The highest BCUT2D eigenvalue weighted by Crippen LogP contribution is 2.28. The van der Waals surface area contributed by atoms with Crippen molar-refractivity contribution in [1.82, 2.24) is 9.88 Å². The number of aromatic nitrogens is 1. The molecule has 7 heteroatoms. The first-order valence-electron chi connectivity index (χ1n) is 9.44. The first kappa shape index (κ1) is 21.2. The minimum atomic E-state index is -0.632. The average Bonchev–Trinajstić information content (AvgIpc) is 3.28. The molecule has 0 bridgehead atoms. The summed E-state index contributed by atoms with van der Waals surface area (Å²) in [5.41, 5.74) is 1.88. The van der Waals surface area contributed by atoms with Gasteiger partial charge in [-0.3, -0.25) is 9.59 Å².